The molecule has 0 saturated carbocycles. The maximum Gasteiger partial charge on any atom is 0.240 e. The molecule has 1 rings (SSSR count). The van der Waals surface area contributed by atoms with Gasteiger partial charge in [-0.1, -0.05) is 37.5 Å². The minimum atomic E-state index is -3.31. The Morgan fingerprint density at radius 1 is 1.12 bits per heavy atom. The zero-order valence-corrected chi connectivity index (χ0v) is 10.7. The van der Waals surface area contributed by atoms with Crippen LogP contribution in [-0.2, 0) is 10.0 Å². The fourth-order valence-electron chi connectivity index (χ4n) is 1.38. The lowest BCUT2D eigenvalue weighted by atomic mass is 10.2. The number of hydrogen-bond donors (Lipinski definition) is 1. The SMILES string of the molecule is CCCCCNS(=O)(=O)c1ccc(C)cc1. The zero-order chi connectivity index (χ0) is 12.0. The first-order valence-corrected chi connectivity index (χ1v) is 7.11. The molecule has 0 aliphatic heterocycles. The van der Waals surface area contributed by atoms with Crippen LogP contribution >= 0.6 is 0 Å². The molecule has 0 bridgehead atoms. The van der Waals surface area contributed by atoms with Gasteiger partial charge in [0, 0.05) is 6.54 Å². The maximum absolute atomic E-state index is 11.8. The third-order valence-corrected chi connectivity index (χ3v) is 3.88. The topological polar surface area (TPSA) is 46.2 Å². The third kappa shape index (κ3) is 3.94. The normalized spacial score (nSPS) is 11.6. The van der Waals surface area contributed by atoms with Crippen molar-refractivity contribution in [1.29, 1.82) is 0 Å². The van der Waals surface area contributed by atoms with Gasteiger partial charge in [-0.3, -0.25) is 0 Å². The second kappa shape index (κ2) is 6.01. The fourth-order valence-corrected chi connectivity index (χ4v) is 2.46. The van der Waals surface area contributed by atoms with Crippen LogP contribution in [0.1, 0.15) is 31.7 Å². The highest BCUT2D eigenvalue weighted by Gasteiger charge is 2.11. The number of benzene rings is 1. The summed E-state index contributed by atoms with van der Waals surface area (Å²) in [6, 6.07) is 6.89. The van der Waals surface area contributed by atoms with Gasteiger partial charge in [0.05, 0.1) is 4.90 Å². The van der Waals surface area contributed by atoms with Crippen molar-refractivity contribution >= 4 is 10.0 Å². The number of hydrogen-bond acceptors (Lipinski definition) is 2. The fraction of sp³-hybridized carbons (Fsp3) is 0.500. The molecule has 0 spiro atoms. The zero-order valence-electron chi connectivity index (χ0n) is 9.86. The summed E-state index contributed by atoms with van der Waals surface area (Å²) in [5, 5.41) is 0. The lowest BCUT2D eigenvalue weighted by Crippen LogP contribution is -2.24. The minimum absolute atomic E-state index is 0.342. The van der Waals surface area contributed by atoms with Gasteiger partial charge >= 0.3 is 0 Å². The number of nitrogens with one attached hydrogen (secondary N) is 1. The maximum atomic E-state index is 11.8. The minimum Gasteiger partial charge on any atom is -0.211 e. The van der Waals surface area contributed by atoms with E-state index in [2.05, 4.69) is 11.6 Å². The van der Waals surface area contributed by atoms with E-state index in [9.17, 15) is 8.42 Å². The van der Waals surface area contributed by atoms with E-state index in [4.69, 9.17) is 0 Å². The summed E-state index contributed by atoms with van der Waals surface area (Å²) in [7, 11) is -3.31. The van der Waals surface area contributed by atoms with Gasteiger partial charge in [-0.05, 0) is 25.5 Å². The number of rotatable bonds is 6. The van der Waals surface area contributed by atoms with Crippen LogP contribution in [0.2, 0.25) is 0 Å². The van der Waals surface area contributed by atoms with Crippen molar-refractivity contribution in [3.63, 3.8) is 0 Å². The molecule has 0 fully saturated rings. The van der Waals surface area contributed by atoms with Crippen LogP contribution in [0, 0.1) is 6.92 Å². The second-order valence-electron chi connectivity index (χ2n) is 3.92. The first kappa shape index (κ1) is 13.2. The molecular weight excluding hydrogens is 222 g/mol. The van der Waals surface area contributed by atoms with Crippen LogP contribution in [0.15, 0.2) is 29.2 Å². The Labute approximate surface area is 97.9 Å². The molecule has 0 radical (unpaired) electrons. The van der Waals surface area contributed by atoms with Crippen molar-refractivity contribution in [3.05, 3.63) is 29.8 Å². The van der Waals surface area contributed by atoms with Crippen molar-refractivity contribution in [2.24, 2.45) is 0 Å². The van der Waals surface area contributed by atoms with Gasteiger partial charge in [-0.15, -0.1) is 0 Å². The van der Waals surface area contributed by atoms with Gasteiger partial charge in [0.15, 0.2) is 0 Å². The summed E-state index contributed by atoms with van der Waals surface area (Å²) in [5.74, 6) is 0. The number of unbranched alkanes of at least 4 members (excludes halogenated alkanes) is 2. The van der Waals surface area contributed by atoms with Crippen molar-refractivity contribution in [3.8, 4) is 0 Å². The molecule has 4 heteroatoms. The molecule has 1 aromatic rings. The predicted octanol–water partition coefficient (Wildman–Crippen LogP) is 2.46. The number of sulfonamides is 1. The summed E-state index contributed by atoms with van der Waals surface area (Å²) in [6.07, 6.45) is 3.03. The molecule has 0 amide bonds. The summed E-state index contributed by atoms with van der Waals surface area (Å²) >= 11 is 0. The molecule has 1 aromatic carbocycles. The molecule has 16 heavy (non-hydrogen) atoms. The molecule has 90 valence electrons. The smallest absolute Gasteiger partial charge is 0.211 e. The molecule has 0 aliphatic rings. The molecule has 1 N–H and O–H groups in total. The van der Waals surface area contributed by atoms with Gasteiger partial charge in [0.1, 0.15) is 0 Å². The van der Waals surface area contributed by atoms with Crippen LogP contribution in [-0.4, -0.2) is 15.0 Å². The standard InChI is InChI=1S/C12H19NO2S/c1-3-4-5-10-13-16(14,15)12-8-6-11(2)7-9-12/h6-9,13H,3-5,10H2,1-2H3. The highest BCUT2D eigenvalue weighted by Crippen LogP contribution is 2.09. The molecular formula is C12H19NO2S. The Bertz CT molecular complexity index is 409. The van der Waals surface area contributed by atoms with Crippen LogP contribution in [0.3, 0.4) is 0 Å². The Kier molecular flexibility index (Phi) is 4.96. The molecule has 0 saturated heterocycles. The third-order valence-electron chi connectivity index (χ3n) is 2.40. The van der Waals surface area contributed by atoms with Crippen molar-refractivity contribution in [1.82, 2.24) is 4.72 Å². The quantitative estimate of drug-likeness (QED) is 0.778. The van der Waals surface area contributed by atoms with Crippen LogP contribution in [0.4, 0.5) is 0 Å². The van der Waals surface area contributed by atoms with E-state index in [-0.39, 0.29) is 0 Å². The lowest BCUT2D eigenvalue weighted by molar-refractivity contribution is 0.576. The molecule has 0 aliphatic carbocycles. The van der Waals surface area contributed by atoms with Crippen molar-refractivity contribution in [2.45, 2.75) is 38.0 Å². The van der Waals surface area contributed by atoms with E-state index in [0.717, 1.165) is 24.8 Å². The van der Waals surface area contributed by atoms with Gasteiger partial charge in [0.2, 0.25) is 10.0 Å². The summed E-state index contributed by atoms with van der Waals surface area (Å²) < 4.78 is 26.2. The Morgan fingerprint density at radius 2 is 1.75 bits per heavy atom. The highest BCUT2D eigenvalue weighted by atomic mass is 32.2. The van der Waals surface area contributed by atoms with E-state index in [1.54, 1.807) is 24.3 Å². The predicted molar refractivity (Wildman–Crippen MR) is 65.9 cm³/mol. The summed E-state index contributed by atoms with van der Waals surface area (Å²) in [4.78, 5) is 0.342. The van der Waals surface area contributed by atoms with E-state index in [1.807, 2.05) is 6.92 Å². The average molecular weight is 241 g/mol. The van der Waals surface area contributed by atoms with E-state index >= 15 is 0 Å². The largest absolute Gasteiger partial charge is 0.240 e. The first-order valence-electron chi connectivity index (χ1n) is 5.62. The van der Waals surface area contributed by atoms with Gasteiger partial charge < -0.3 is 0 Å². The Morgan fingerprint density at radius 3 is 2.31 bits per heavy atom. The summed E-state index contributed by atoms with van der Waals surface area (Å²) in [6.45, 7) is 4.55. The van der Waals surface area contributed by atoms with Gasteiger partial charge in [0.25, 0.3) is 0 Å². The first-order chi connectivity index (χ1) is 7.56. The van der Waals surface area contributed by atoms with Crippen LogP contribution in [0.5, 0.6) is 0 Å². The average Bonchev–Trinajstić information content (AvgIpc) is 2.25. The monoisotopic (exact) mass is 241 g/mol. The van der Waals surface area contributed by atoms with Crippen molar-refractivity contribution in [2.75, 3.05) is 6.54 Å². The van der Waals surface area contributed by atoms with E-state index in [1.165, 1.54) is 0 Å². The van der Waals surface area contributed by atoms with E-state index in [0.29, 0.717) is 11.4 Å². The molecule has 0 unspecified atom stereocenters. The second-order valence-corrected chi connectivity index (χ2v) is 5.68. The van der Waals surface area contributed by atoms with Crippen molar-refractivity contribution < 1.29 is 8.42 Å². The van der Waals surface area contributed by atoms with E-state index < -0.39 is 10.0 Å². The summed E-state index contributed by atoms with van der Waals surface area (Å²) in [5.41, 5.74) is 1.06. The lowest BCUT2D eigenvalue weighted by Gasteiger charge is -2.06. The molecule has 0 aromatic heterocycles. The molecule has 0 heterocycles. The Hall–Kier alpha value is -0.870. The number of aryl methyl sites for hydroxylation is 1. The van der Waals surface area contributed by atoms with Gasteiger partial charge in [-0.2, -0.15) is 0 Å². The van der Waals surface area contributed by atoms with Crippen LogP contribution < -0.4 is 4.72 Å². The van der Waals surface area contributed by atoms with Gasteiger partial charge in [-0.25, -0.2) is 13.1 Å². The molecule has 0 atom stereocenters. The molecule has 3 nitrogen and oxygen atoms in total. The Balaban J connectivity index is 2.60. The highest BCUT2D eigenvalue weighted by molar-refractivity contribution is 7.89. The van der Waals surface area contributed by atoms with Crippen LogP contribution in [0.25, 0.3) is 0 Å².